The standard InChI is InChI=1S/C23H28N4O3/c24-23(28)20(14-18-6-8-25-9-7-18)15-26-10-12-27(13-11-26)22-17-29-21(16-30-22)19-4-2-1-3-5-19/h1-2,4,6-9,16-17,20H,3,5,10-15H2,(H2,24,28)/t20-/m1/s1. The van der Waals surface area contributed by atoms with Crippen LogP contribution in [0.3, 0.4) is 0 Å². The van der Waals surface area contributed by atoms with Gasteiger partial charge in [-0.2, -0.15) is 0 Å². The highest BCUT2D eigenvalue weighted by Gasteiger charge is 2.26. The van der Waals surface area contributed by atoms with Gasteiger partial charge in [-0.25, -0.2) is 0 Å². The number of primary amides is 1. The van der Waals surface area contributed by atoms with Crippen LogP contribution in [0.5, 0.6) is 0 Å². The van der Waals surface area contributed by atoms with Gasteiger partial charge in [0, 0.05) is 45.1 Å². The topological polar surface area (TPSA) is 80.9 Å². The van der Waals surface area contributed by atoms with Gasteiger partial charge in [0.2, 0.25) is 11.8 Å². The first kappa shape index (κ1) is 20.2. The van der Waals surface area contributed by atoms with Crippen molar-refractivity contribution in [2.24, 2.45) is 11.7 Å². The molecule has 4 rings (SSSR count). The van der Waals surface area contributed by atoms with Gasteiger partial charge in [-0.05, 0) is 42.5 Å². The van der Waals surface area contributed by atoms with Gasteiger partial charge in [0.1, 0.15) is 6.26 Å². The Bertz CT molecular complexity index is 868. The Kier molecular flexibility index (Phi) is 6.49. The summed E-state index contributed by atoms with van der Waals surface area (Å²) in [5.41, 5.74) is 7.90. The van der Waals surface area contributed by atoms with E-state index in [2.05, 4.69) is 33.0 Å². The van der Waals surface area contributed by atoms with Crippen LogP contribution in [0, 0.1) is 5.92 Å². The molecule has 2 aliphatic heterocycles. The Hall–Kier alpha value is -3.06. The van der Waals surface area contributed by atoms with Gasteiger partial charge >= 0.3 is 0 Å². The van der Waals surface area contributed by atoms with Gasteiger partial charge in [0.05, 0.1) is 5.92 Å². The number of hydrogen-bond acceptors (Lipinski definition) is 6. The highest BCUT2D eigenvalue weighted by molar-refractivity contribution is 5.77. The van der Waals surface area contributed by atoms with Gasteiger partial charge in [0.15, 0.2) is 12.0 Å². The maximum absolute atomic E-state index is 12.0. The number of carbonyl (C=O) groups is 1. The minimum absolute atomic E-state index is 0.212. The van der Waals surface area contributed by atoms with E-state index >= 15 is 0 Å². The van der Waals surface area contributed by atoms with Gasteiger partial charge in [-0.15, -0.1) is 0 Å². The second kappa shape index (κ2) is 9.63. The molecule has 0 bridgehead atoms. The van der Waals surface area contributed by atoms with E-state index in [0.29, 0.717) is 13.0 Å². The number of piperazine rings is 1. The molecule has 7 nitrogen and oxygen atoms in total. The first-order valence-electron chi connectivity index (χ1n) is 10.4. The molecule has 3 aliphatic rings. The van der Waals surface area contributed by atoms with Crippen LogP contribution in [-0.4, -0.2) is 53.4 Å². The zero-order valence-electron chi connectivity index (χ0n) is 17.1. The van der Waals surface area contributed by atoms with Gasteiger partial charge in [-0.3, -0.25) is 14.7 Å². The summed E-state index contributed by atoms with van der Waals surface area (Å²) < 4.78 is 11.7. The Labute approximate surface area is 177 Å². The second-order valence-corrected chi connectivity index (χ2v) is 7.78. The minimum atomic E-state index is -0.259. The highest BCUT2D eigenvalue weighted by Crippen LogP contribution is 2.26. The quantitative estimate of drug-likeness (QED) is 0.746. The van der Waals surface area contributed by atoms with Crippen LogP contribution >= 0.6 is 0 Å². The van der Waals surface area contributed by atoms with Crippen LogP contribution in [0.4, 0.5) is 0 Å². The highest BCUT2D eigenvalue weighted by atomic mass is 16.6. The maximum Gasteiger partial charge on any atom is 0.231 e. The minimum Gasteiger partial charge on any atom is -0.456 e. The van der Waals surface area contributed by atoms with E-state index in [1.165, 1.54) is 0 Å². The monoisotopic (exact) mass is 408 g/mol. The molecule has 1 amide bonds. The molecule has 0 spiro atoms. The van der Waals surface area contributed by atoms with Gasteiger partial charge < -0.3 is 20.1 Å². The summed E-state index contributed by atoms with van der Waals surface area (Å²) in [4.78, 5) is 20.4. The first-order valence-corrected chi connectivity index (χ1v) is 10.4. The summed E-state index contributed by atoms with van der Waals surface area (Å²) in [7, 11) is 0. The lowest BCUT2D eigenvalue weighted by atomic mass is 9.98. The number of allylic oxidation sites excluding steroid dienone is 4. The molecular weight excluding hydrogens is 380 g/mol. The molecule has 2 N–H and O–H groups in total. The molecule has 7 heteroatoms. The van der Waals surface area contributed by atoms with Crippen molar-refractivity contribution in [3.8, 4) is 0 Å². The fraction of sp³-hybridized carbons (Fsp3) is 0.391. The fourth-order valence-electron chi connectivity index (χ4n) is 3.91. The van der Waals surface area contributed by atoms with E-state index in [1.54, 1.807) is 24.9 Å². The number of nitrogens with two attached hydrogens (primary N) is 1. The number of hydrogen-bond donors (Lipinski definition) is 1. The third-order valence-electron chi connectivity index (χ3n) is 5.70. The Balaban J connectivity index is 1.26. The molecular formula is C23H28N4O3. The van der Waals surface area contributed by atoms with Crippen LogP contribution in [0.2, 0.25) is 0 Å². The molecule has 1 saturated heterocycles. The molecule has 3 heterocycles. The van der Waals surface area contributed by atoms with Crippen LogP contribution in [0.1, 0.15) is 18.4 Å². The fourth-order valence-corrected chi connectivity index (χ4v) is 3.91. The SMILES string of the molecule is NC(=O)[C@H](Cc1ccncc1)CN1CCN(C2=COC(C3=CC=CCC3)=CO2)CC1. The number of rotatable bonds is 7. The Morgan fingerprint density at radius 2 is 1.93 bits per heavy atom. The molecule has 1 fully saturated rings. The van der Waals surface area contributed by atoms with Crippen molar-refractivity contribution in [2.75, 3.05) is 32.7 Å². The molecule has 1 aromatic heterocycles. The maximum atomic E-state index is 12.0. The van der Waals surface area contributed by atoms with Gasteiger partial charge in [-0.1, -0.05) is 18.2 Å². The number of amides is 1. The third kappa shape index (κ3) is 5.10. The van der Waals surface area contributed by atoms with E-state index < -0.39 is 0 Å². The predicted octanol–water partition coefficient (Wildman–Crippen LogP) is 2.31. The number of carbonyl (C=O) groups excluding carboxylic acids is 1. The molecule has 0 aromatic carbocycles. The molecule has 0 radical (unpaired) electrons. The Morgan fingerprint density at radius 3 is 2.57 bits per heavy atom. The number of pyridine rings is 1. The van der Waals surface area contributed by atoms with Crippen molar-refractivity contribution in [1.82, 2.24) is 14.8 Å². The summed E-state index contributed by atoms with van der Waals surface area (Å²) in [6.45, 7) is 3.96. The van der Waals surface area contributed by atoms with Crippen molar-refractivity contribution < 1.29 is 14.3 Å². The van der Waals surface area contributed by atoms with Crippen LogP contribution < -0.4 is 5.73 Å². The van der Waals surface area contributed by atoms with E-state index in [-0.39, 0.29) is 11.8 Å². The van der Waals surface area contributed by atoms with E-state index in [0.717, 1.165) is 61.8 Å². The van der Waals surface area contributed by atoms with Crippen LogP contribution in [-0.2, 0) is 20.7 Å². The second-order valence-electron chi connectivity index (χ2n) is 7.78. The molecule has 1 atom stereocenters. The van der Waals surface area contributed by atoms with E-state index in [1.807, 2.05) is 12.1 Å². The normalized spacial score (nSPS) is 20.4. The van der Waals surface area contributed by atoms with Crippen molar-refractivity contribution in [3.05, 3.63) is 78.1 Å². The van der Waals surface area contributed by atoms with Crippen LogP contribution in [0.15, 0.2) is 72.5 Å². The predicted molar refractivity (Wildman–Crippen MR) is 113 cm³/mol. The largest absolute Gasteiger partial charge is 0.456 e. The molecule has 30 heavy (non-hydrogen) atoms. The molecule has 1 aromatic rings. The van der Waals surface area contributed by atoms with E-state index in [4.69, 9.17) is 15.2 Å². The van der Waals surface area contributed by atoms with Crippen LogP contribution in [0.25, 0.3) is 0 Å². The van der Waals surface area contributed by atoms with Gasteiger partial charge in [0.25, 0.3) is 0 Å². The molecule has 0 saturated carbocycles. The molecule has 0 unspecified atom stereocenters. The van der Waals surface area contributed by atoms with Crippen molar-refractivity contribution >= 4 is 5.91 Å². The molecule has 1 aliphatic carbocycles. The zero-order valence-corrected chi connectivity index (χ0v) is 17.1. The molecule has 158 valence electrons. The Morgan fingerprint density at radius 1 is 1.13 bits per heavy atom. The van der Waals surface area contributed by atoms with Crippen molar-refractivity contribution in [3.63, 3.8) is 0 Å². The summed E-state index contributed by atoms with van der Waals surface area (Å²) in [5.74, 6) is 1.04. The summed E-state index contributed by atoms with van der Waals surface area (Å²) in [6, 6.07) is 3.87. The van der Waals surface area contributed by atoms with Crippen molar-refractivity contribution in [1.29, 1.82) is 0 Å². The summed E-state index contributed by atoms with van der Waals surface area (Å²) >= 11 is 0. The third-order valence-corrected chi connectivity index (χ3v) is 5.70. The first-order chi connectivity index (χ1) is 14.7. The number of nitrogens with zero attached hydrogens (tertiary/aromatic N) is 3. The zero-order chi connectivity index (χ0) is 20.8. The average molecular weight is 409 g/mol. The lowest BCUT2D eigenvalue weighted by Gasteiger charge is -2.37. The number of ether oxygens (including phenoxy) is 2. The average Bonchev–Trinajstić information content (AvgIpc) is 2.80. The van der Waals surface area contributed by atoms with Crippen molar-refractivity contribution in [2.45, 2.75) is 19.3 Å². The van der Waals surface area contributed by atoms with E-state index in [9.17, 15) is 4.79 Å². The lowest BCUT2D eigenvalue weighted by molar-refractivity contribution is -0.122. The smallest absolute Gasteiger partial charge is 0.231 e. The summed E-state index contributed by atoms with van der Waals surface area (Å²) in [5, 5.41) is 0. The lowest BCUT2D eigenvalue weighted by Crippen LogP contribution is -2.49. The summed E-state index contributed by atoms with van der Waals surface area (Å²) in [6.07, 6.45) is 15.8. The number of aromatic nitrogens is 1.